The normalized spacial score (nSPS) is 12.3. The Bertz CT molecular complexity index is 1390. The van der Waals surface area contributed by atoms with Gasteiger partial charge in [-0.1, -0.05) is 48.9 Å². The van der Waals surface area contributed by atoms with Gasteiger partial charge in [0, 0.05) is 17.1 Å². The van der Waals surface area contributed by atoms with Crippen molar-refractivity contribution < 1.29 is 22.7 Å². The van der Waals surface area contributed by atoms with Crippen LogP contribution in [0.4, 0.5) is 5.69 Å². The number of hydrogen-bond acceptors (Lipinski definition) is 5. The second kappa shape index (κ2) is 13.2. The van der Waals surface area contributed by atoms with Crippen molar-refractivity contribution >= 4 is 39.1 Å². The molecule has 0 bridgehead atoms. The highest BCUT2D eigenvalue weighted by molar-refractivity contribution is 7.92. The molecule has 0 heterocycles. The highest BCUT2D eigenvalue weighted by Crippen LogP contribution is 2.26. The summed E-state index contributed by atoms with van der Waals surface area (Å²) >= 11 is 6.06. The summed E-state index contributed by atoms with van der Waals surface area (Å²) in [6.45, 7) is 6.99. The van der Waals surface area contributed by atoms with Gasteiger partial charge in [0.2, 0.25) is 11.8 Å². The molecule has 0 aliphatic heterocycles. The molecule has 3 rings (SSSR count). The number of carbonyl (C=O) groups is 2. The molecule has 3 aromatic rings. The van der Waals surface area contributed by atoms with Gasteiger partial charge in [0.15, 0.2) is 0 Å². The van der Waals surface area contributed by atoms with E-state index in [2.05, 4.69) is 5.32 Å². The van der Waals surface area contributed by atoms with E-state index in [1.165, 1.54) is 24.1 Å². The first kappa shape index (κ1) is 31.0. The van der Waals surface area contributed by atoms with Crippen LogP contribution >= 0.6 is 11.6 Å². The number of nitrogens with one attached hydrogen (secondary N) is 1. The third-order valence-electron chi connectivity index (χ3n) is 6.12. The Kier molecular flexibility index (Phi) is 10.2. The molecule has 1 unspecified atom stereocenters. The van der Waals surface area contributed by atoms with Crippen LogP contribution in [-0.2, 0) is 26.2 Å². The lowest BCUT2D eigenvalue weighted by Gasteiger charge is -2.34. The second-order valence-corrected chi connectivity index (χ2v) is 12.6. The van der Waals surface area contributed by atoms with Crippen molar-refractivity contribution in [3.8, 4) is 5.75 Å². The molecule has 0 aromatic heterocycles. The smallest absolute Gasteiger partial charge is 0.264 e. The quantitative estimate of drug-likeness (QED) is 0.331. The summed E-state index contributed by atoms with van der Waals surface area (Å²) in [7, 11) is -2.66. The second-order valence-electron chi connectivity index (χ2n) is 10.3. The Morgan fingerprint density at radius 2 is 1.55 bits per heavy atom. The number of carbonyl (C=O) groups excluding carboxylic acids is 2. The topological polar surface area (TPSA) is 96.0 Å². The molecule has 0 aliphatic carbocycles. The summed E-state index contributed by atoms with van der Waals surface area (Å²) in [5, 5.41) is 3.50. The van der Waals surface area contributed by atoms with Crippen molar-refractivity contribution in [2.45, 2.75) is 57.1 Å². The summed E-state index contributed by atoms with van der Waals surface area (Å²) in [4.78, 5) is 28.8. The summed E-state index contributed by atoms with van der Waals surface area (Å²) < 4.78 is 34.0. The molecule has 0 saturated carbocycles. The first-order chi connectivity index (χ1) is 18.9. The first-order valence-corrected chi connectivity index (χ1v) is 14.8. The molecule has 0 saturated heterocycles. The van der Waals surface area contributed by atoms with Gasteiger partial charge in [0.25, 0.3) is 10.0 Å². The molecule has 3 aromatic carbocycles. The Morgan fingerprint density at radius 1 is 0.950 bits per heavy atom. The summed E-state index contributed by atoms with van der Waals surface area (Å²) in [5.74, 6) is -0.334. The van der Waals surface area contributed by atoms with E-state index in [4.69, 9.17) is 16.3 Å². The van der Waals surface area contributed by atoms with Crippen molar-refractivity contribution in [2.75, 3.05) is 18.0 Å². The van der Waals surface area contributed by atoms with E-state index < -0.39 is 34.1 Å². The Balaban J connectivity index is 2.04. The first-order valence-electron chi connectivity index (χ1n) is 12.9. The standard InChI is InChI=1S/C30H36ClN3O5S/c1-6-27(29(36)32-30(2,3)4)33(20-22-12-14-23(31)15-13-22)28(35)21-34(24-10-8-7-9-11-24)40(37,38)26-18-16-25(39-5)17-19-26/h7-19,27H,6,20-21H2,1-5H3,(H,32,36). The molecule has 2 amide bonds. The zero-order chi connectivity index (χ0) is 29.5. The van der Waals surface area contributed by atoms with Crippen LogP contribution in [0.15, 0.2) is 83.8 Å². The average molecular weight is 586 g/mol. The molecule has 0 aliphatic rings. The maximum atomic E-state index is 14.0. The molecule has 10 heteroatoms. The molecule has 1 atom stereocenters. The van der Waals surface area contributed by atoms with Crippen LogP contribution in [0.5, 0.6) is 5.75 Å². The number of ether oxygens (including phenoxy) is 1. The van der Waals surface area contributed by atoms with E-state index in [-0.39, 0.29) is 17.3 Å². The summed E-state index contributed by atoms with van der Waals surface area (Å²) in [6.07, 6.45) is 0.331. The largest absolute Gasteiger partial charge is 0.497 e. The fraction of sp³-hybridized carbons (Fsp3) is 0.333. The number of para-hydroxylation sites is 1. The Morgan fingerprint density at radius 3 is 2.08 bits per heavy atom. The van der Waals surface area contributed by atoms with E-state index in [0.717, 1.165) is 9.87 Å². The fourth-order valence-corrected chi connectivity index (χ4v) is 5.70. The minimum atomic E-state index is -4.16. The third kappa shape index (κ3) is 7.99. The molecule has 0 radical (unpaired) electrons. The number of amides is 2. The van der Waals surface area contributed by atoms with E-state index >= 15 is 0 Å². The lowest BCUT2D eigenvalue weighted by molar-refractivity contribution is -0.141. The molecular formula is C30H36ClN3O5S. The number of benzene rings is 3. The van der Waals surface area contributed by atoms with Gasteiger partial charge < -0.3 is 15.0 Å². The van der Waals surface area contributed by atoms with Gasteiger partial charge >= 0.3 is 0 Å². The lowest BCUT2D eigenvalue weighted by atomic mass is 10.1. The van der Waals surface area contributed by atoms with Gasteiger partial charge in [0.1, 0.15) is 18.3 Å². The molecule has 0 spiro atoms. The molecule has 40 heavy (non-hydrogen) atoms. The van der Waals surface area contributed by atoms with Crippen molar-refractivity contribution in [1.29, 1.82) is 0 Å². The van der Waals surface area contributed by atoms with Gasteiger partial charge in [-0.2, -0.15) is 0 Å². The molecule has 8 nitrogen and oxygen atoms in total. The van der Waals surface area contributed by atoms with Crippen molar-refractivity contribution in [3.05, 3.63) is 89.4 Å². The van der Waals surface area contributed by atoms with Crippen LogP contribution in [0.1, 0.15) is 39.7 Å². The lowest BCUT2D eigenvalue weighted by Crippen LogP contribution is -2.55. The number of rotatable bonds is 11. The highest BCUT2D eigenvalue weighted by atomic mass is 35.5. The van der Waals surface area contributed by atoms with Gasteiger partial charge in [-0.05, 0) is 81.3 Å². The van der Waals surface area contributed by atoms with Crippen LogP contribution in [0.3, 0.4) is 0 Å². The van der Waals surface area contributed by atoms with Crippen LogP contribution in [0.25, 0.3) is 0 Å². The monoisotopic (exact) mass is 585 g/mol. The van der Waals surface area contributed by atoms with Gasteiger partial charge in [-0.3, -0.25) is 13.9 Å². The molecule has 0 fully saturated rings. The van der Waals surface area contributed by atoms with Crippen molar-refractivity contribution in [2.24, 2.45) is 0 Å². The van der Waals surface area contributed by atoms with Gasteiger partial charge in [0.05, 0.1) is 17.7 Å². The van der Waals surface area contributed by atoms with Crippen molar-refractivity contribution in [1.82, 2.24) is 10.2 Å². The number of hydrogen-bond donors (Lipinski definition) is 1. The number of anilines is 1. The average Bonchev–Trinajstić information content (AvgIpc) is 2.92. The molecular weight excluding hydrogens is 550 g/mol. The third-order valence-corrected chi connectivity index (χ3v) is 8.16. The SMILES string of the molecule is CCC(C(=O)NC(C)(C)C)N(Cc1ccc(Cl)cc1)C(=O)CN(c1ccccc1)S(=O)(=O)c1ccc(OC)cc1. The van der Waals surface area contributed by atoms with E-state index in [0.29, 0.717) is 22.9 Å². The Labute approximate surface area is 241 Å². The number of methoxy groups -OCH3 is 1. The predicted octanol–water partition coefficient (Wildman–Crippen LogP) is 5.27. The van der Waals surface area contributed by atoms with Gasteiger partial charge in [-0.15, -0.1) is 0 Å². The molecule has 214 valence electrons. The predicted molar refractivity (Wildman–Crippen MR) is 158 cm³/mol. The van der Waals surface area contributed by atoms with Crippen molar-refractivity contribution in [3.63, 3.8) is 0 Å². The molecule has 1 N–H and O–H groups in total. The minimum absolute atomic E-state index is 0.00622. The number of nitrogens with zero attached hydrogens (tertiary/aromatic N) is 2. The maximum absolute atomic E-state index is 14.0. The van der Waals surface area contributed by atoms with Crippen LogP contribution in [0, 0.1) is 0 Å². The van der Waals surface area contributed by atoms with Crippen LogP contribution in [-0.4, -0.2) is 50.4 Å². The summed E-state index contributed by atoms with van der Waals surface area (Å²) in [6, 6.07) is 20.5. The van der Waals surface area contributed by atoms with E-state index in [1.807, 2.05) is 27.7 Å². The Hall–Kier alpha value is -3.56. The zero-order valence-electron chi connectivity index (χ0n) is 23.4. The van der Waals surface area contributed by atoms with E-state index in [9.17, 15) is 18.0 Å². The number of sulfonamides is 1. The summed E-state index contributed by atoms with van der Waals surface area (Å²) in [5.41, 5.74) is 0.558. The minimum Gasteiger partial charge on any atom is -0.497 e. The number of halogens is 1. The van der Waals surface area contributed by atoms with Crippen LogP contribution in [0.2, 0.25) is 5.02 Å². The van der Waals surface area contributed by atoms with Gasteiger partial charge in [-0.25, -0.2) is 8.42 Å². The van der Waals surface area contributed by atoms with E-state index in [1.54, 1.807) is 66.7 Å². The fourth-order valence-electron chi connectivity index (χ4n) is 4.16. The van der Waals surface area contributed by atoms with Crippen LogP contribution < -0.4 is 14.4 Å². The maximum Gasteiger partial charge on any atom is 0.264 e. The zero-order valence-corrected chi connectivity index (χ0v) is 25.0. The highest BCUT2D eigenvalue weighted by Gasteiger charge is 2.34.